The molecule has 2 aromatic rings. The maximum absolute atomic E-state index is 5.38. The van der Waals surface area contributed by atoms with Crippen LogP contribution in [-0.2, 0) is 6.42 Å². The van der Waals surface area contributed by atoms with E-state index in [0.29, 0.717) is 30.4 Å². The van der Waals surface area contributed by atoms with E-state index < -0.39 is 0 Å². The molecule has 7 nitrogen and oxygen atoms in total. The van der Waals surface area contributed by atoms with Crippen LogP contribution in [0.4, 0.5) is 0 Å². The first kappa shape index (κ1) is 10.5. The number of rotatable bonds is 4. The number of aryl methyl sites for hydroxylation is 1. The molecule has 0 aromatic carbocycles. The lowest BCUT2D eigenvalue weighted by molar-refractivity contribution is 0.712. The summed E-state index contributed by atoms with van der Waals surface area (Å²) in [4.78, 5) is 8.01. The second-order valence-electron chi connectivity index (χ2n) is 3.10. The molecule has 0 aliphatic carbocycles. The summed E-state index contributed by atoms with van der Waals surface area (Å²) in [6.07, 6.45) is 4.75. The van der Waals surface area contributed by atoms with E-state index in [1.807, 2.05) is 0 Å². The van der Waals surface area contributed by atoms with Crippen molar-refractivity contribution in [3.05, 3.63) is 24.3 Å². The standard InChI is InChI=1S/C9H11N7/c10-4-1-3-7-13-15-9(16-14-7)8-11-5-2-6-12-8/h2,5-6H,1,3-4,10H2. The Morgan fingerprint density at radius 1 is 0.938 bits per heavy atom. The van der Waals surface area contributed by atoms with Gasteiger partial charge in [0, 0.05) is 18.8 Å². The lowest BCUT2D eigenvalue weighted by atomic mass is 10.3. The van der Waals surface area contributed by atoms with Crippen LogP contribution in [0.5, 0.6) is 0 Å². The van der Waals surface area contributed by atoms with Gasteiger partial charge in [-0.15, -0.1) is 20.4 Å². The fourth-order valence-electron chi connectivity index (χ4n) is 1.11. The van der Waals surface area contributed by atoms with Gasteiger partial charge < -0.3 is 5.73 Å². The Labute approximate surface area is 92.2 Å². The van der Waals surface area contributed by atoms with Crippen LogP contribution in [0.15, 0.2) is 18.5 Å². The Bertz CT molecular complexity index is 427. The summed E-state index contributed by atoms with van der Waals surface area (Å²) in [6.45, 7) is 0.604. The molecule has 0 radical (unpaired) electrons. The van der Waals surface area contributed by atoms with Crippen LogP contribution in [0, 0.1) is 0 Å². The molecule has 2 heterocycles. The molecular weight excluding hydrogens is 206 g/mol. The van der Waals surface area contributed by atoms with Gasteiger partial charge in [0.05, 0.1) is 0 Å². The van der Waals surface area contributed by atoms with E-state index in [2.05, 4.69) is 30.4 Å². The van der Waals surface area contributed by atoms with E-state index in [-0.39, 0.29) is 0 Å². The molecule has 2 N–H and O–H groups in total. The van der Waals surface area contributed by atoms with Gasteiger partial charge in [0.25, 0.3) is 0 Å². The first-order valence-corrected chi connectivity index (χ1v) is 4.94. The molecule has 0 unspecified atom stereocenters. The summed E-state index contributed by atoms with van der Waals surface area (Å²) in [7, 11) is 0. The average molecular weight is 217 g/mol. The van der Waals surface area contributed by atoms with Crippen molar-refractivity contribution in [1.82, 2.24) is 30.4 Å². The summed E-state index contributed by atoms with van der Waals surface area (Å²) in [5, 5.41) is 15.7. The highest BCUT2D eigenvalue weighted by atomic mass is 15.3. The van der Waals surface area contributed by atoms with Gasteiger partial charge in [0.2, 0.25) is 11.6 Å². The van der Waals surface area contributed by atoms with Crippen molar-refractivity contribution < 1.29 is 0 Å². The topological polar surface area (TPSA) is 103 Å². The second-order valence-corrected chi connectivity index (χ2v) is 3.10. The molecule has 0 atom stereocenters. The molecule has 0 bridgehead atoms. The van der Waals surface area contributed by atoms with Crippen molar-refractivity contribution in [1.29, 1.82) is 0 Å². The van der Waals surface area contributed by atoms with Crippen LogP contribution >= 0.6 is 0 Å². The quantitative estimate of drug-likeness (QED) is 0.744. The van der Waals surface area contributed by atoms with Gasteiger partial charge in [0.1, 0.15) is 0 Å². The number of aromatic nitrogens is 6. The van der Waals surface area contributed by atoms with E-state index in [1.165, 1.54) is 0 Å². The molecule has 82 valence electrons. The van der Waals surface area contributed by atoms with Gasteiger partial charge in [-0.05, 0) is 19.0 Å². The molecule has 2 rings (SSSR count). The lowest BCUT2D eigenvalue weighted by Gasteiger charge is -1.97. The van der Waals surface area contributed by atoms with Gasteiger partial charge >= 0.3 is 0 Å². The zero-order chi connectivity index (χ0) is 11.2. The minimum atomic E-state index is 0.331. The molecule has 2 aromatic heterocycles. The number of hydrogen-bond acceptors (Lipinski definition) is 7. The summed E-state index contributed by atoms with van der Waals surface area (Å²) >= 11 is 0. The summed E-state index contributed by atoms with van der Waals surface area (Å²) < 4.78 is 0. The molecule has 0 saturated carbocycles. The van der Waals surface area contributed by atoms with Crippen LogP contribution in [0.1, 0.15) is 12.2 Å². The Morgan fingerprint density at radius 3 is 2.25 bits per heavy atom. The third-order valence-corrected chi connectivity index (χ3v) is 1.89. The minimum Gasteiger partial charge on any atom is -0.330 e. The van der Waals surface area contributed by atoms with Gasteiger partial charge in [-0.3, -0.25) is 0 Å². The Balaban J connectivity index is 2.13. The van der Waals surface area contributed by atoms with Crippen molar-refractivity contribution in [2.45, 2.75) is 12.8 Å². The van der Waals surface area contributed by atoms with Crippen molar-refractivity contribution >= 4 is 0 Å². The number of hydrogen-bond donors (Lipinski definition) is 1. The van der Waals surface area contributed by atoms with Gasteiger partial charge in [0.15, 0.2) is 5.82 Å². The average Bonchev–Trinajstić information content (AvgIpc) is 2.38. The zero-order valence-corrected chi connectivity index (χ0v) is 8.61. The lowest BCUT2D eigenvalue weighted by Crippen LogP contribution is -2.07. The predicted octanol–water partition coefficient (Wildman–Crippen LogP) is -0.385. The van der Waals surface area contributed by atoms with Crippen LogP contribution < -0.4 is 5.73 Å². The summed E-state index contributed by atoms with van der Waals surface area (Å²) in [5.41, 5.74) is 5.38. The fourth-order valence-corrected chi connectivity index (χ4v) is 1.11. The van der Waals surface area contributed by atoms with E-state index in [0.717, 1.165) is 6.42 Å². The van der Waals surface area contributed by atoms with E-state index in [9.17, 15) is 0 Å². The molecular formula is C9H11N7. The largest absolute Gasteiger partial charge is 0.330 e. The first-order valence-electron chi connectivity index (χ1n) is 4.94. The minimum absolute atomic E-state index is 0.331. The highest BCUT2D eigenvalue weighted by Crippen LogP contribution is 2.03. The Hall–Kier alpha value is -2.02. The van der Waals surface area contributed by atoms with Crippen LogP contribution in [-0.4, -0.2) is 36.9 Å². The van der Waals surface area contributed by atoms with E-state index >= 15 is 0 Å². The van der Waals surface area contributed by atoms with Crippen molar-refractivity contribution in [3.8, 4) is 11.6 Å². The van der Waals surface area contributed by atoms with Crippen molar-refractivity contribution in [2.75, 3.05) is 6.54 Å². The molecule has 0 amide bonds. The first-order chi connectivity index (χ1) is 7.90. The van der Waals surface area contributed by atoms with Crippen LogP contribution in [0.25, 0.3) is 11.6 Å². The number of nitrogens with two attached hydrogens (primary N) is 1. The summed E-state index contributed by atoms with van der Waals surface area (Å²) in [5.74, 6) is 1.34. The third-order valence-electron chi connectivity index (χ3n) is 1.89. The van der Waals surface area contributed by atoms with Gasteiger partial charge in [-0.2, -0.15) is 0 Å². The normalized spacial score (nSPS) is 10.3. The molecule has 0 saturated heterocycles. The summed E-state index contributed by atoms with van der Waals surface area (Å²) in [6, 6.07) is 1.72. The fraction of sp³-hybridized carbons (Fsp3) is 0.333. The van der Waals surface area contributed by atoms with Crippen LogP contribution in [0.3, 0.4) is 0 Å². The molecule has 0 spiro atoms. The highest BCUT2D eigenvalue weighted by molar-refractivity contribution is 5.39. The highest BCUT2D eigenvalue weighted by Gasteiger charge is 2.05. The maximum Gasteiger partial charge on any atom is 0.240 e. The third kappa shape index (κ3) is 2.51. The monoisotopic (exact) mass is 217 g/mol. The Kier molecular flexibility index (Phi) is 3.39. The van der Waals surface area contributed by atoms with Crippen molar-refractivity contribution in [2.24, 2.45) is 5.73 Å². The molecule has 16 heavy (non-hydrogen) atoms. The maximum atomic E-state index is 5.38. The molecule has 0 fully saturated rings. The molecule has 0 aliphatic heterocycles. The smallest absolute Gasteiger partial charge is 0.240 e. The SMILES string of the molecule is NCCCc1nnc(-c2ncccn2)nn1. The second kappa shape index (κ2) is 5.17. The van der Waals surface area contributed by atoms with E-state index in [1.54, 1.807) is 18.5 Å². The Morgan fingerprint density at radius 2 is 1.62 bits per heavy atom. The molecule has 7 heteroatoms. The van der Waals surface area contributed by atoms with Gasteiger partial charge in [-0.25, -0.2) is 9.97 Å². The molecule has 0 aliphatic rings. The zero-order valence-electron chi connectivity index (χ0n) is 8.61. The predicted molar refractivity (Wildman–Crippen MR) is 56.0 cm³/mol. The van der Waals surface area contributed by atoms with Gasteiger partial charge in [-0.1, -0.05) is 0 Å². The van der Waals surface area contributed by atoms with E-state index in [4.69, 9.17) is 5.73 Å². The number of nitrogens with zero attached hydrogens (tertiary/aromatic N) is 6. The van der Waals surface area contributed by atoms with Crippen LogP contribution in [0.2, 0.25) is 0 Å². The van der Waals surface area contributed by atoms with Crippen molar-refractivity contribution in [3.63, 3.8) is 0 Å².